The number of alkyl halides is 1. The molecule has 16 heavy (non-hydrogen) atoms. The molecule has 0 fully saturated rings. The molecule has 0 unspecified atom stereocenters. The van der Waals surface area contributed by atoms with Crippen LogP contribution in [0.3, 0.4) is 0 Å². The van der Waals surface area contributed by atoms with Crippen molar-refractivity contribution in [2.45, 2.75) is 0 Å². The van der Waals surface area contributed by atoms with Crippen molar-refractivity contribution in [3.63, 3.8) is 0 Å². The number of nitrogens with zero attached hydrogens (tertiary/aromatic N) is 1. The molecule has 1 aromatic carbocycles. The standard InChI is InChI=1S/C11H14ClNO3/c1-13(7-6-12)11(15)8-4-3-5-9(16-2)10(8)14/h3-5,14H,6-7H2,1-2H3. The number of benzene rings is 1. The smallest absolute Gasteiger partial charge is 0.257 e. The quantitative estimate of drug-likeness (QED) is 0.819. The Morgan fingerprint density at radius 1 is 1.56 bits per heavy atom. The molecule has 0 aliphatic carbocycles. The number of halogens is 1. The average molecular weight is 244 g/mol. The van der Waals surface area contributed by atoms with E-state index in [4.69, 9.17) is 16.3 Å². The Balaban J connectivity index is 2.99. The number of phenols is 1. The van der Waals surface area contributed by atoms with Gasteiger partial charge in [-0.3, -0.25) is 4.79 Å². The number of methoxy groups -OCH3 is 1. The zero-order valence-corrected chi connectivity index (χ0v) is 9.99. The number of phenolic OH excluding ortho intramolecular Hbond substituents is 1. The van der Waals surface area contributed by atoms with E-state index in [-0.39, 0.29) is 23.0 Å². The van der Waals surface area contributed by atoms with Crippen LogP contribution in [-0.2, 0) is 0 Å². The van der Waals surface area contributed by atoms with Crippen LogP contribution in [0, 0.1) is 0 Å². The van der Waals surface area contributed by atoms with Crippen LogP contribution in [0.1, 0.15) is 10.4 Å². The molecule has 5 heteroatoms. The zero-order valence-electron chi connectivity index (χ0n) is 9.24. The maximum absolute atomic E-state index is 11.9. The Hall–Kier alpha value is -1.42. The van der Waals surface area contributed by atoms with Gasteiger partial charge < -0.3 is 14.7 Å². The lowest BCUT2D eigenvalue weighted by molar-refractivity contribution is 0.0799. The molecule has 1 N–H and O–H groups in total. The summed E-state index contributed by atoms with van der Waals surface area (Å²) in [5.74, 6) is 0.214. The second-order valence-electron chi connectivity index (χ2n) is 3.27. The first-order valence-corrected chi connectivity index (χ1v) is 5.32. The normalized spacial score (nSPS) is 9.94. The summed E-state index contributed by atoms with van der Waals surface area (Å²) in [6.07, 6.45) is 0. The Bertz CT molecular complexity index is 381. The lowest BCUT2D eigenvalue weighted by Gasteiger charge is -2.16. The highest BCUT2D eigenvalue weighted by atomic mass is 35.5. The van der Waals surface area contributed by atoms with Gasteiger partial charge in [-0.1, -0.05) is 6.07 Å². The van der Waals surface area contributed by atoms with Gasteiger partial charge in [0.25, 0.3) is 5.91 Å². The number of carbonyl (C=O) groups is 1. The number of carbonyl (C=O) groups excluding carboxylic acids is 1. The van der Waals surface area contributed by atoms with Crippen molar-refractivity contribution < 1.29 is 14.6 Å². The lowest BCUT2D eigenvalue weighted by Crippen LogP contribution is -2.28. The van der Waals surface area contributed by atoms with Crippen molar-refractivity contribution in [2.24, 2.45) is 0 Å². The van der Waals surface area contributed by atoms with E-state index in [2.05, 4.69) is 0 Å². The van der Waals surface area contributed by atoms with Crippen LogP contribution in [0.15, 0.2) is 18.2 Å². The molecule has 0 saturated heterocycles. The predicted octanol–water partition coefficient (Wildman–Crippen LogP) is 1.71. The summed E-state index contributed by atoms with van der Waals surface area (Å²) in [6, 6.07) is 4.79. The van der Waals surface area contributed by atoms with Gasteiger partial charge in [0.05, 0.1) is 12.7 Å². The second kappa shape index (κ2) is 5.61. The molecule has 0 aliphatic rings. The zero-order chi connectivity index (χ0) is 12.1. The number of ether oxygens (including phenoxy) is 1. The van der Waals surface area contributed by atoms with E-state index in [0.29, 0.717) is 12.4 Å². The van der Waals surface area contributed by atoms with E-state index in [1.165, 1.54) is 12.0 Å². The van der Waals surface area contributed by atoms with Crippen LogP contribution in [0.25, 0.3) is 0 Å². The van der Waals surface area contributed by atoms with E-state index in [9.17, 15) is 9.90 Å². The molecular weight excluding hydrogens is 230 g/mol. The predicted molar refractivity (Wildman–Crippen MR) is 62.3 cm³/mol. The third-order valence-corrected chi connectivity index (χ3v) is 2.38. The van der Waals surface area contributed by atoms with Gasteiger partial charge in [-0.05, 0) is 12.1 Å². The fourth-order valence-corrected chi connectivity index (χ4v) is 1.55. The highest BCUT2D eigenvalue weighted by Gasteiger charge is 2.17. The first-order chi connectivity index (χ1) is 7.61. The number of amides is 1. The summed E-state index contributed by atoms with van der Waals surface area (Å²) >= 11 is 5.55. The summed E-state index contributed by atoms with van der Waals surface area (Å²) in [5, 5.41) is 9.77. The second-order valence-corrected chi connectivity index (χ2v) is 3.65. The van der Waals surface area contributed by atoms with Crippen LogP contribution in [0.4, 0.5) is 0 Å². The summed E-state index contributed by atoms with van der Waals surface area (Å²) in [5.41, 5.74) is 0.215. The van der Waals surface area contributed by atoms with Crippen LogP contribution in [0.2, 0.25) is 0 Å². The highest BCUT2D eigenvalue weighted by Crippen LogP contribution is 2.29. The molecule has 0 bridgehead atoms. The monoisotopic (exact) mass is 243 g/mol. The van der Waals surface area contributed by atoms with Crippen LogP contribution < -0.4 is 4.74 Å². The first-order valence-electron chi connectivity index (χ1n) is 4.79. The van der Waals surface area contributed by atoms with E-state index >= 15 is 0 Å². The molecule has 0 saturated carbocycles. The molecule has 0 radical (unpaired) electrons. The molecule has 0 spiro atoms. The van der Waals surface area contributed by atoms with Crippen molar-refractivity contribution >= 4 is 17.5 Å². The van der Waals surface area contributed by atoms with Gasteiger partial charge in [-0.25, -0.2) is 0 Å². The minimum atomic E-state index is -0.281. The molecule has 0 heterocycles. The number of hydrogen-bond donors (Lipinski definition) is 1. The SMILES string of the molecule is COc1cccc(C(=O)N(C)CCCl)c1O. The van der Waals surface area contributed by atoms with Crippen LogP contribution >= 0.6 is 11.6 Å². The minimum Gasteiger partial charge on any atom is -0.504 e. The van der Waals surface area contributed by atoms with Gasteiger partial charge in [-0.15, -0.1) is 11.6 Å². The maximum atomic E-state index is 11.9. The number of para-hydroxylation sites is 1. The van der Waals surface area contributed by atoms with E-state index in [0.717, 1.165) is 0 Å². The van der Waals surface area contributed by atoms with Gasteiger partial charge in [0.1, 0.15) is 0 Å². The summed E-state index contributed by atoms with van der Waals surface area (Å²) in [4.78, 5) is 13.3. The van der Waals surface area contributed by atoms with Crippen molar-refractivity contribution in [3.05, 3.63) is 23.8 Å². The van der Waals surface area contributed by atoms with Crippen molar-refractivity contribution in [3.8, 4) is 11.5 Å². The summed E-state index contributed by atoms with van der Waals surface area (Å²) in [6.45, 7) is 0.428. The van der Waals surface area contributed by atoms with Crippen LogP contribution in [0.5, 0.6) is 11.5 Å². The van der Waals surface area contributed by atoms with E-state index < -0.39 is 0 Å². The molecule has 88 valence electrons. The third kappa shape index (κ3) is 2.58. The molecule has 1 rings (SSSR count). The van der Waals surface area contributed by atoms with E-state index in [1.807, 2.05) is 0 Å². The molecule has 0 aliphatic heterocycles. The first kappa shape index (κ1) is 12.6. The van der Waals surface area contributed by atoms with Crippen molar-refractivity contribution in [2.75, 3.05) is 26.6 Å². The lowest BCUT2D eigenvalue weighted by atomic mass is 10.1. The molecule has 1 amide bonds. The average Bonchev–Trinajstić information content (AvgIpc) is 2.29. The van der Waals surface area contributed by atoms with Gasteiger partial charge >= 0.3 is 0 Å². The Kier molecular flexibility index (Phi) is 4.43. The molecule has 0 aromatic heterocycles. The van der Waals surface area contributed by atoms with Gasteiger partial charge in [-0.2, -0.15) is 0 Å². The van der Waals surface area contributed by atoms with Gasteiger partial charge in [0.2, 0.25) is 0 Å². The molecule has 1 aromatic rings. The Morgan fingerprint density at radius 2 is 2.25 bits per heavy atom. The number of rotatable bonds is 4. The van der Waals surface area contributed by atoms with Gasteiger partial charge in [0, 0.05) is 19.5 Å². The Labute approximate surface area is 99.4 Å². The summed E-state index contributed by atoms with van der Waals surface area (Å²) in [7, 11) is 3.06. The minimum absolute atomic E-state index is 0.142. The van der Waals surface area contributed by atoms with Crippen molar-refractivity contribution in [1.82, 2.24) is 4.90 Å². The molecule has 0 atom stereocenters. The van der Waals surface area contributed by atoms with Gasteiger partial charge in [0.15, 0.2) is 11.5 Å². The number of hydrogen-bond acceptors (Lipinski definition) is 3. The van der Waals surface area contributed by atoms with Crippen molar-refractivity contribution in [1.29, 1.82) is 0 Å². The fourth-order valence-electron chi connectivity index (χ4n) is 1.29. The largest absolute Gasteiger partial charge is 0.504 e. The fraction of sp³-hybridized carbons (Fsp3) is 0.364. The summed E-state index contributed by atoms with van der Waals surface area (Å²) < 4.78 is 4.93. The number of aromatic hydroxyl groups is 1. The van der Waals surface area contributed by atoms with E-state index in [1.54, 1.807) is 25.2 Å². The molecular formula is C11H14ClNO3. The third-order valence-electron chi connectivity index (χ3n) is 2.22. The Morgan fingerprint density at radius 3 is 2.81 bits per heavy atom. The topological polar surface area (TPSA) is 49.8 Å². The highest BCUT2D eigenvalue weighted by molar-refractivity contribution is 6.18. The van der Waals surface area contributed by atoms with Crippen LogP contribution in [-0.4, -0.2) is 42.5 Å². The maximum Gasteiger partial charge on any atom is 0.257 e. The molecule has 4 nitrogen and oxygen atoms in total.